The highest BCUT2D eigenvalue weighted by Crippen LogP contribution is 2.32. The Bertz CT molecular complexity index is 514. The zero-order valence-electron chi connectivity index (χ0n) is 8.77. The number of nitrogens with zero attached hydrogens (tertiary/aromatic N) is 1. The van der Waals surface area contributed by atoms with Crippen molar-refractivity contribution in [1.82, 2.24) is 4.98 Å². The van der Waals surface area contributed by atoms with Gasteiger partial charge in [-0.05, 0) is 35.9 Å². The van der Waals surface area contributed by atoms with E-state index in [1.165, 1.54) is 0 Å². The van der Waals surface area contributed by atoms with Gasteiger partial charge >= 0.3 is 0 Å². The fourth-order valence-corrected chi connectivity index (χ4v) is 1.88. The molecule has 16 heavy (non-hydrogen) atoms. The summed E-state index contributed by atoms with van der Waals surface area (Å²) in [5, 5.41) is 0. The normalized spacial score (nSPS) is 10.1. The van der Waals surface area contributed by atoms with E-state index in [1.54, 1.807) is 13.3 Å². The molecule has 4 heteroatoms. The largest absolute Gasteiger partial charge is 0.496 e. The van der Waals surface area contributed by atoms with Crippen molar-refractivity contribution < 1.29 is 4.74 Å². The fourth-order valence-electron chi connectivity index (χ4n) is 1.52. The van der Waals surface area contributed by atoms with Gasteiger partial charge in [-0.15, -0.1) is 0 Å². The highest BCUT2D eigenvalue weighted by molar-refractivity contribution is 9.10. The van der Waals surface area contributed by atoms with Gasteiger partial charge in [-0.3, -0.25) is 0 Å². The molecular formula is C12H11BrN2O. The predicted octanol–water partition coefficient (Wildman–Crippen LogP) is 3.10. The molecule has 82 valence electrons. The number of methoxy groups -OCH3 is 1. The van der Waals surface area contributed by atoms with Gasteiger partial charge in [0, 0.05) is 16.2 Å². The lowest BCUT2D eigenvalue weighted by molar-refractivity contribution is 0.416. The molecule has 2 rings (SSSR count). The molecule has 0 saturated heterocycles. The van der Waals surface area contributed by atoms with Crippen LogP contribution in [-0.2, 0) is 0 Å². The van der Waals surface area contributed by atoms with Crippen molar-refractivity contribution in [3.8, 4) is 16.9 Å². The van der Waals surface area contributed by atoms with Crippen molar-refractivity contribution >= 4 is 21.7 Å². The van der Waals surface area contributed by atoms with Gasteiger partial charge in [0.1, 0.15) is 11.6 Å². The number of halogens is 1. The summed E-state index contributed by atoms with van der Waals surface area (Å²) in [7, 11) is 1.65. The van der Waals surface area contributed by atoms with Gasteiger partial charge in [-0.1, -0.05) is 15.9 Å². The van der Waals surface area contributed by atoms with E-state index in [0.29, 0.717) is 5.82 Å². The Labute approximate surface area is 102 Å². The van der Waals surface area contributed by atoms with E-state index in [-0.39, 0.29) is 0 Å². The number of aromatic nitrogens is 1. The summed E-state index contributed by atoms with van der Waals surface area (Å²) in [6, 6.07) is 9.57. The third-order valence-corrected chi connectivity index (χ3v) is 2.75. The maximum absolute atomic E-state index is 5.66. The molecule has 2 N–H and O–H groups in total. The molecule has 3 nitrogen and oxygen atoms in total. The van der Waals surface area contributed by atoms with E-state index in [1.807, 2.05) is 30.3 Å². The van der Waals surface area contributed by atoms with Crippen molar-refractivity contribution in [3.05, 3.63) is 41.0 Å². The maximum atomic E-state index is 5.66. The Morgan fingerprint density at radius 1 is 1.25 bits per heavy atom. The first-order valence-electron chi connectivity index (χ1n) is 4.76. The predicted molar refractivity (Wildman–Crippen MR) is 68.3 cm³/mol. The van der Waals surface area contributed by atoms with Crippen molar-refractivity contribution in [2.75, 3.05) is 12.8 Å². The third-order valence-electron chi connectivity index (χ3n) is 2.25. The first-order valence-corrected chi connectivity index (χ1v) is 5.55. The minimum atomic E-state index is 0.500. The summed E-state index contributed by atoms with van der Waals surface area (Å²) in [5.41, 5.74) is 7.64. The summed E-state index contributed by atoms with van der Waals surface area (Å²) in [4.78, 5) is 3.97. The molecule has 0 fully saturated rings. The monoisotopic (exact) mass is 278 g/mol. The van der Waals surface area contributed by atoms with Gasteiger partial charge < -0.3 is 10.5 Å². The molecule has 0 unspecified atom stereocenters. The SMILES string of the molecule is COc1ccc(Br)cc1-c1ccnc(N)c1. The molecule has 2 aromatic rings. The molecule has 0 saturated carbocycles. The molecule has 0 aliphatic carbocycles. The van der Waals surface area contributed by atoms with Crippen LogP contribution in [0.3, 0.4) is 0 Å². The van der Waals surface area contributed by atoms with E-state index < -0.39 is 0 Å². The third kappa shape index (κ3) is 2.17. The molecule has 0 aliphatic heterocycles. The zero-order valence-corrected chi connectivity index (χ0v) is 10.4. The number of anilines is 1. The van der Waals surface area contributed by atoms with E-state index in [0.717, 1.165) is 21.3 Å². The van der Waals surface area contributed by atoms with Crippen molar-refractivity contribution in [2.24, 2.45) is 0 Å². The summed E-state index contributed by atoms with van der Waals surface area (Å²) in [5.74, 6) is 1.31. The average Bonchev–Trinajstić information content (AvgIpc) is 2.29. The minimum absolute atomic E-state index is 0.500. The summed E-state index contributed by atoms with van der Waals surface area (Å²) in [6.45, 7) is 0. The number of pyridine rings is 1. The number of benzene rings is 1. The van der Waals surface area contributed by atoms with Crippen LogP contribution in [0, 0.1) is 0 Å². The van der Waals surface area contributed by atoms with Crippen LogP contribution in [-0.4, -0.2) is 12.1 Å². The molecule has 0 aliphatic rings. The second-order valence-corrected chi connectivity index (χ2v) is 4.23. The quantitative estimate of drug-likeness (QED) is 0.918. The smallest absolute Gasteiger partial charge is 0.126 e. The number of nitrogens with two attached hydrogens (primary N) is 1. The summed E-state index contributed by atoms with van der Waals surface area (Å²) >= 11 is 3.44. The van der Waals surface area contributed by atoms with Gasteiger partial charge in [0.2, 0.25) is 0 Å². The number of rotatable bonds is 2. The van der Waals surface area contributed by atoms with Crippen molar-refractivity contribution in [2.45, 2.75) is 0 Å². The standard InChI is InChI=1S/C12H11BrN2O/c1-16-11-3-2-9(13)7-10(11)8-4-5-15-12(14)6-8/h2-7H,1H3,(H2,14,15). The Morgan fingerprint density at radius 2 is 2.06 bits per heavy atom. The van der Waals surface area contributed by atoms with E-state index >= 15 is 0 Å². The van der Waals surface area contributed by atoms with Crippen molar-refractivity contribution in [3.63, 3.8) is 0 Å². The Morgan fingerprint density at radius 3 is 2.75 bits per heavy atom. The first-order chi connectivity index (χ1) is 7.70. The molecule has 1 heterocycles. The fraction of sp³-hybridized carbons (Fsp3) is 0.0833. The van der Waals surface area contributed by atoms with Crippen LogP contribution in [0.4, 0.5) is 5.82 Å². The Hall–Kier alpha value is -1.55. The Kier molecular flexibility index (Phi) is 3.10. The maximum Gasteiger partial charge on any atom is 0.126 e. The summed E-state index contributed by atoms with van der Waals surface area (Å²) in [6.07, 6.45) is 1.69. The molecular weight excluding hydrogens is 268 g/mol. The molecule has 0 atom stereocenters. The minimum Gasteiger partial charge on any atom is -0.496 e. The first kappa shape index (κ1) is 11.0. The Balaban J connectivity index is 2.58. The molecule has 0 spiro atoms. The number of ether oxygens (including phenoxy) is 1. The number of nitrogen functional groups attached to an aromatic ring is 1. The van der Waals surface area contributed by atoms with Crippen molar-refractivity contribution in [1.29, 1.82) is 0 Å². The molecule has 0 radical (unpaired) electrons. The highest BCUT2D eigenvalue weighted by Gasteiger charge is 2.06. The molecule has 0 amide bonds. The van der Waals surface area contributed by atoms with Crippen LogP contribution in [0.1, 0.15) is 0 Å². The lowest BCUT2D eigenvalue weighted by atomic mass is 10.1. The van der Waals surface area contributed by atoms with Gasteiger partial charge in [0.25, 0.3) is 0 Å². The summed E-state index contributed by atoms with van der Waals surface area (Å²) < 4.78 is 6.31. The van der Waals surface area contributed by atoms with E-state index in [9.17, 15) is 0 Å². The van der Waals surface area contributed by atoms with Gasteiger partial charge in [0.05, 0.1) is 7.11 Å². The topological polar surface area (TPSA) is 48.1 Å². The zero-order chi connectivity index (χ0) is 11.5. The van der Waals surface area contributed by atoms with E-state index in [4.69, 9.17) is 10.5 Å². The molecule has 1 aromatic carbocycles. The highest BCUT2D eigenvalue weighted by atomic mass is 79.9. The van der Waals surface area contributed by atoms with Gasteiger partial charge in [-0.2, -0.15) is 0 Å². The van der Waals surface area contributed by atoms with Gasteiger partial charge in [0.15, 0.2) is 0 Å². The van der Waals surface area contributed by atoms with Crippen LogP contribution in [0.15, 0.2) is 41.0 Å². The number of hydrogen-bond donors (Lipinski definition) is 1. The van der Waals surface area contributed by atoms with Crippen LogP contribution in [0.25, 0.3) is 11.1 Å². The van der Waals surface area contributed by atoms with Crippen LogP contribution < -0.4 is 10.5 Å². The van der Waals surface area contributed by atoms with Crippen LogP contribution in [0.5, 0.6) is 5.75 Å². The second kappa shape index (κ2) is 4.53. The molecule has 1 aromatic heterocycles. The number of hydrogen-bond acceptors (Lipinski definition) is 3. The molecule has 0 bridgehead atoms. The lowest BCUT2D eigenvalue weighted by Crippen LogP contribution is -1.92. The lowest BCUT2D eigenvalue weighted by Gasteiger charge is -2.09. The second-order valence-electron chi connectivity index (χ2n) is 3.31. The van der Waals surface area contributed by atoms with Crippen LogP contribution in [0.2, 0.25) is 0 Å². The van der Waals surface area contributed by atoms with E-state index in [2.05, 4.69) is 20.9 Å². The average molecular weight is 279 g/mol. The van der Waals surface area contributed by atoms with Gasteiger partial charge in [-0.25, -0.2) is 4.98 Å². The van der Waals surface area contributed by atoms with Crippen LogP contribution >= 0.6 is 15.9 Å².